The highest BCUT2D eigenvalue weighted by atomic mass is 79.9. The van der Waals surface area contributed by atoms with Crippen LogP contribution in [0.3, 0.4) is 0 Å². The summed E-state index contributed by atoms with van der Waals surface area (Å²) in [4.78, 5) is 16.7. The number of nitrogens with zero attached hydrogens (tertiary/aromatic N) is 1. The average molecular weight is 443 g/mol. The van der Waals surface area contributed by atoms with E-state index in [1.165, 1.54) is 6.20 Å². The van der Waals surface area contributed by atoms with E-state index < -0.39 is 24.0 Å². The molecule has 0 bridgehead atoms. The smallest absolute Gasteiger partial charge is 0.391 e. The molecule has 0 spiro atoms. The minimum Gasteiger partial charge on any atom is -0.438 e. The van der Waals surface area contributed by atoms with Crippen molar-refractivity contribution in [2.45, 2.75) is 37.9 Å². The number of rotatable bonds is 4. The molecule has 0 unspecified atom stereocenters. The summed E-state index contributed by atoms with van der Waals surface area (Å²) >= 11 is 3.34. The molecule has 1 N–H and O–H groups in total. The number of pyridine rings is 1. The fraction of sp³-hybridized carbons (Fsp3) is 0.368. The first-order chi connectivity index (χ1) is 12.8. The normalized spacial score (nSPS) is 20.1. The fourth-order valence-electron chi connectivity index (χ4n) is 3.17. The Labute approximate surface area is 163 Å². The number of nitrogens with one attached hydrogen (secondary N) is 1. The first-order valence-corrected chi connectivity index (χ1v) is 9.38. The molecule has 8 heteroatoms. The Balaban J connectivity index is 1.72. The van der Waals surface area contributed by atoms with Gasteiger partial charge >= 0.3 is 6.18 Å². The largest absolute Gasteiger partial charge is 0.438 e. The van der Waals surface area contributed by atoms with Crippen LogP contribution in [0.1, 0.15) is 36.0 Å². The van der Waals surface area contributed by atoms with E-state index in [0.29, 0.717) is 18.6 Å². The highest BCUT2D eigenvalue weighted by Gasteiger charge is 2.42. The zero-order valence-electron chi connectivity index (χ0n) is 14.3. The first kappa shape index (κ1) is 19.7. The summed E-state index contributed by atoms with van der Waals surface area (Å²) in [5.74, 6) is -1.26. The number of hydrogen-bond donors (Lipinski definition) is 1. The maximum atomic E-state index is 13.0. The van der Waals surface area contributed by atoms with Gasteiger partial charge in [0.05, 0.1) is 5.92 Å². The number of ether oxygens (including phenoxy) is 1. The van der Waals surface area contributed by atoms with Crippen molar-refractivity contribution in [1.29, 1.82) is 0 Å². The topological polar surface area (TPSA) is 51.2 Å². The highest BCUT2D eigenvalue weighted by molar-refractivity contribution is 9.10. The Kier molecular flexibility index (Phi) is 6.04. The van der Waals surface area contributed by atoms with Crippen molar-refractivity contribution in [3.63, 3.8) is 0 Å². The van der Waals surface area contributed by atoms with Gasteiger partial charge in [0.2, 0.25) is 5.88 Å². The predicted molar refractivity (Wildman–Crippen MR) is 97.7 cm³/mol. The molecule has 4 nitrogen and oxygen atoms in total. The van der Waals surface area contributed by atoms with E-state index in [1.807, 2.05) is 6.07 Å². The van der Waals surface area contributed by atoms with Gasteiger partial charge in [0.25, 0.3) is 5.91 Å². The number of alkyl halides is 3. The molecular weight excluding hydrogens is 425 g/mol. The fourth-order valence-corrected chi connectivity index (χ4v) is 3.55. The molecule has 2 aromatic rings. The van der Waals surface area contributed by atoms with Gasteiger partial charge < -0.3 is 10.1 Å². The number of carbonyl (C=O) groups excluding carboxylic acids is 1. The number of carbonyl (C=O) groups is 1. The molecule has 1 aromatic carbocycles. The molecular formula is C19H18BrF3N2O2. The number of benzene rings is 1. The van der Waals surface area contributed by atoms with Crippen molar-refractivity contribution in [2.75, 3.05) is 0 Å². The third-order valence-electron chi connectivity index (χ3n) is 4.50. The second-order valence-corrected chi connectivity index (χ2v) is 7.41. The lowest BCUT2D eigenvalue weighted by atomic mass is 9.85. The van der Waals surface area contributed by atoms with Crippen molar-refractivity contribution in [1.82, 2.24) is 10.3 Å². The van der Waals surface area contributed by atoms with Crippen LogP contribution in [0.15, 0.2) is 47.1 Å². The van der Waals surface area contributed by atoms with Gasteiger partial charge in [-0.1, -0.05) is 28.4 Å². The van der Waals surface area contributed by atoms with Gasteiger partial charge in [-0.25, -0.2) is 4.98 Å². The maximum absolute atomic E-state index is 13.0. The van der Waals surface area contributed by atoms with E-state index >= 15 is 0 Å². The highest BCUT2D eigenvalue weighted by Crippen LogP contribution is 2.37. The van der Waals surface area contributed by atoms with E-state index in [2.05, 4.69) is 26.2 Å². The van der Waals surface area contributed by atoms with Gasteiger partial charge in [-0.2, -0.15) is 13.2 Å². The van der Waals surface area contributed by atoms with Crippen LogP contribution in [0.5, 0.6) is 11.6 Å². The minimum atomic E-state index is -4.23. The Bertz CT molecular complexity index is 814. The van der Waals surface area contributed by atoms with E-state index in [0.717, 1.165) is 4.47 Å². The molecule has 1 saturated carbocycles. The lowest BCUT2D eigenvalue weighted by molar-refractivity contribution is -0.183. The molecule has 0 saturated heterocycles. The average Bonchev–Trinajstić information content (AvgIpc) is 2.62. The summed E-state index contributed by atoms with van der Waals surface area (Å²) in [6, 6.07) is 9.67. The van der Waals surface area contributed by atoms with Gasteiger partial charge in [-0.15, -0.1) is 0 Å². The van der Waals surface area contributed by atoms with Crippen LogP contribution in [0.25, 0.3) is 0 Å². The standard InChI is InChI=1S/C19H18BrF3N2O2/c20-13-5-2-7-15(11-13)27-18-16(8-3-9-24-18)17(26)25-14-6-1-4-12(10-14)19(21,22)23/h2-3,5,7-9,11-12,14H,1,4,6,10H2,(H,25,26)/t12-,14-/m0/s1. The molecule has 2 atom stereocenters. The second kappa shape index (κ2) is 8.29. The molecule has 1 aliphatic carbocycles. The van der Waals surface area contributed by atoms with Gasteiger partial charge in [0.1, 0.15) is 11.3 Å². The molecule has 1 amide bonds. The molecule has 0 aliphatic heterocycles. The van der Waals surface area contributed by atoms with E-state index in [9.17, 15) is 18.0 Å². The predicted octanol–water partition coefficient (Wildman–Crippen LogP) is 5.49. The summed E-state index contributed by atoms with van der Waals surface area (Å²) in [6.45, 7) is 0. The third kappa shape index (κ3) is 5.22. The third-order valence-corrected chi connectivity index (χ3v) is 4.99. The van der Waals surface area contributed by atoms with Crippen molar-refractivity contribution < 1.29 is 22.7 Å². The molecule has 1 aliphatic rings. The number of aromatic nitrogens is 1. The van der Waals surface area contributed by atoms with Crippen molar-refractivity contribution in [2.24, 2.45) is 5.92 Å². The summed E-state index contributed by atoms with van der Waals surface area (Å²) in [5, 5.41) is 2.71. The maximum Gasteiger partial charge on any atom is 0.391 e. The molecule has 1 heterocycles. The molecule has 1 aromatic heterocycles. The molecule has 0 radical (unpaired) electrons. The van der Waals surface area contributed by atoms with Crippen molar-refractivity contribution >= 4 is 21.8 Å². The van der Waals surface area contributed by atoms with Crippen LogP contribution >= 0.6 is 15.9 Å². The van der Waals surface area contributed by atoms with Gasteiger partial charge in [-0.3, -0.25) is 4.79 Å². The van der Waals surface area contributed by atoms with Crippen LogP contribution in [-0.4, -0.2) is 23.1 Å². The van der Waals surface area contributed by atoms with Gasteiger partial charge in [0, 0.05) is 16.7 Å². The van der Waals surface area contributed by atoms with E-state index in [1.54, 1.807) is 30.3 Å². The Morgan fingerprint density at radius 2 is 2.04 bits per heavy atom. The minimum absolute atomic E-state index is 0.0999. The van der Waals surface area contributed by atoms with Crippen LogP contribution in [-0.2, 0) is 0 Å². The zero-order chi connectivity index (χ0) is 19.4. The van der Waals surface area contributed by atoms with Gasteiger partial charge in [-0.05, 0) is 49.6 Å². The second-order valence-electron chi connectivity index (χ2n) is 6.49. The quantitative estimate of drug-likeness (QED) is 0.681. The summed E-state index contributed by atoms with van der Waals surface area (Å²) in [6.07, 6.45) is -1.77. The Morgan fingerprint density at radius 3 is 2.78 bits per heavy atom. The van der Waals surface area contributed by atoms with Crippen LogP contribution < -0.4 is 10.1 Å². The summed E-state index contributed by atoms with van der Waals surface area (Å²) in [5.41, 5.74) is 0.187. The number of amides is 1. The Hall–Kier alpha value is -2.09. The lowest BCUT2D eigenvalue weighted by Crippen LogP contribution is -2.41. The first-order valence-electron chi connectivity index (χ1n) is 8.59. The van der Waals surface area contributed by atoms with E-state index in [-0.39, 0.29) is 24.3 Å². The van der Waals surface area contributed by atoms with Crippen molar-refractivity contribution in [3.8, 4) is 11.6 Å². The van der Waals surface area contributed by atoms with E-state index in [4.69, 9.17) is 4.74 Å². The number of hydrogen-bond acceptors (Lipinski definition) is 3. The van der Waals surface area contributed by atoms with Gasteiger partial charge in [0.15, 0.2) is 0 Å². The molecule has 27 heavy (non-hydrogen) atoms. The lowest BCUT2D eigenvalue weighted by Gasteiger charge is -2.31. The summed E-state index contributed by atoms with van der Waals surface area (Å²) < 4.78 is 45.4. The molecule has 144 valence electrons. The SMILES string of the molecule is O=C(N[C@H]1CCC[C@H](C(F)(F)F)C1)c1cccnc1Oc1cccc(Br)c1. The molecule has 1 fully saturated rings. The van der Waals surface area contributed by atoms with Crippen LogP contribution in [0.2, 0.25) is 0 Å². The zero-order valence-corrected chi connectivity index (χ0v) is 15.9. The Morgan fingerprint density at radius 1 is 1.22 bits per heavy atom. The summed E-state index contributed by atoms with van der Waals surface area (Å²) in [7, 11) is 0. The van der Waals surface area contributed by atoms with Crippen LogP contribution in [0, 0.1) is 5.92 Å². The van der Waals surface area contributed by atoms with Crippen LogP contribution in [0.4, 0.5) is 13.2 Å². The van der Waals surface area contributed by atoms with Crippen molar-refractivity contribution in [3.05, 3.63) is 52.6 Å². The number of halogens is 4. The monoisotopic (exact) mass is 442 g/mol. The molecule has 3 rings (SSSR count).